The lowest BCUT2D eigenvalue weighted by molar-refractivity contribution is 0.658. The first kappa shape index (κ1) is 26.6. The molecule has 0 radical (unpaired) electrons. The van der Waals surface area contributed by atoms with E-state index in [0.717, 1.165) is 34.0 Å². The van der Waals surface area contributed by atoms with Crippen molar-refractivity contribution >= 4 is 53.3 Å². The molecule has 0 N–H and O–H groups in total. The molecule has 222 valence electrons. The van der Waals surface area contributed by atoms with Gasteiger partial charge in [0.15, 0.2) is 5.82 Å². The Morgan fingerprint density at radius 2 is 1.26 bits per heavy atom. The Kier molecular flexibility index (Phi) is 5.50. The van der Waals surface area contributed by atoms with Crippen molar-refractivity contribution in [3.63, 3.8) is 0 Å². The summed E-state index contributed by atoms with van der Waals surface area (Å²) in [7, 11) is 0. The van der Waals surface area contributed by atoms with Crippen LogP contribution in [-0.4, -0.2) is 14.5 Å². The van der Waals surface area contributed by atoms with Crippen LogP contribution in [0.25, 0.3) is 81.6 Å². The highest BCUT2D eigenvalue weighted by atomic mass is 32.1. The first-order valence-electron chi connectivity index (χ1n) is 16.1. The first-order chi connectivity index (χ1) is 23.1. The zero-order valence-corrected chi connectivity index (χ0v) is 26.8. The molecule has 0 atom stereocenters. The summed E-state index contributed by atoms with van der Waals surface area (Å²) < 4.78 is 5.06. The van der Waals surface area contributed by atoms with Crippen LogP contribution in [-0.2, 0) is 5.41 Å². The van der Waals surface area contributed by atoms with E-state index in [-0.39, 0.29) is 5.41 Å². The predicted octanol–water partition coefficient (Wildman–Crippen LogP) is 11.6. The molecule has 0 amide bonds. The second kappa shape index (κ2) is 9.71. The molecular formula is C43H29N3S. The Hall–Kier alpha value is -5.58. The molecule has 0 aliphatic heterocycles. The quantitative estimate of drug-likeness (QED) is 0.197. The molecular weight excluding hydrogens is 591 g/mol. The van der Waals surface area contributed by atoms with E-state index in [0.29, 0.717) is 0 Å². The van der Waals surface area contributed by atoms with E-state index in [1.54, 1.807) is 0 Å². The maximum atomic E-state index is 5.31. The van der Waals surface area contributed by atoms with E-state index in [9.17, 15) is 0 Å². The van der Waals surface area contributed by atoms with Gasteiger partial charge in [-0.2, -0.15) is 0 Å². The largest absolute Gasteiger partial charge is 0.309 e. The minimum Gasteiger partial charge on any atom is -0.309 e. The van der Waals surface area contributed by atoms with E-state index in [2.05, 4.69) is 158 Å². The number of aromatic nitrogens is 3. The average Bonchev–Trinajstić information content (AvgIpc) is 3.74. The first-order valence-corrected chi connectivity index (χ1v) is 16.9. The van der Waals surface area contributed by atoms with Crippen LogP contribution in [0.15, 0.2) is 140 Å². The highest BCUT2D eigenvalue weighted by Crippen LogP contribution is 2.51. The van der Waals surface area contributed by atoms with Crippen LogP contribution in [0.3, 0.4) is 0 Å². The Balaban J connectivity index is 1.20. The summed E-state index contributed by atoms with van der Waals surface area (Å²) in [6.07, 6.45) is 0. The van der Waals surface area contributed by atoms with Crippen molar-refractivity contribution in [2.24, 2.45) is 0 Å². The Labute approximate surface area is 276 Å². The third kappa shape index (κ3) is 3.73. The van der Waals surface area contributed by atoms with E-state index in [1.807, 2.05) is 11.3 Å². The smallest absolute Gasteiger partial charge is 0.160 e. The second-order valence-electron chi connectivity index (χ2n) is 13.0. The molecule has 0 fully saturated rings. The van der Waals surface area contributed by atoms with Gasteiger partial charge in [0, 0.05) is 64.3 Å². The summed E-state index contributed by atoms with van der Waals surface area (Å²) in [6.45, 7) is 4.59. The number of nitrogens with zero attached hydrogens (tertiary/aromatic N) is 3. The molecule has 3 aromatic heterocycles. The van der Waals surface area contributed by atoms with Crippen LogP contribution < -0.4 is 0 Å². The zero-order valence-electron chi connectivity index (χ0n) is 26.0. The molecule has 0 bridgehead atoms. The van der Waals surface area contributed by atoms with Crippen LogP contribution in [0, 0.1) is 0 Å². The van der Waals surface area contributed by atoms with Gasteiger partial charge in [-0.3, -0.25) is 0 Å². The highest BCUT2D eigenvalue weighted by Gasteiger charge is 2.39. The molecule has 3 heterocycles. The number of fused-ring (bicyclic) bond motifs is 10. The van der Waals surface area contributed by atoms with Gasteiger partial charge in [-0.05, 0) is 48.0 Å². The van der Waals surface area contributed by atoms with Gasteiger partial charge in [0.25, 0.3) is 0 Å². The van der Waals surface area contributed by atoms with Crippen molar-refractivity contribution in [3.8, 4) is 39.6 Å². The SMILES string of the molecule is CC1(C)c2ccccc2-c2nc(-c3ccc(-n4c5ccccc5c5ccc6sc7ccccc7c6c54)cc3)nc(-c3ccccc3)c21. The summed E-state index contributed by atoms with van der Waals surface area (Å²) in [5, 5.41) is 5.16. The Bertz CT molecular complexity index is 2700. The van der Waals surface area contributed by atoms with E-state index in [1.165, 1.54) is 58.7 Å². The van der Waals surface area contributed by atoms with Gasteiger partial charge in [0.2, 0.25) is 0 Å². The Morgan fingerprint density at radius 1 is 0.553 bits per heavy atom. The lowest BCUT2D eigenvalue weighted by Crippen LogP contribution is -2.17. The summed E-state index contributed by atoms with van der Waals surface area (Å²) in [5.74, 6) is 0.745. The maximum Gasteiger partial charge on any atom is 0.160 e. The lowest BCUT2D eigenvalue weighted by atomic mass is 9.81. The minimum atomic E-state index is -0.201. The molecule has 0 saturated carbocycles. The average molecular weight is 620 g/mol. The molecule has 47 heavy (non-hydrogen) atoms. The molecule has 0 spiro atoms. The molecule has 0 saturated heterocycles. The number of benzene rings is 6. The van der Waals surface area contributed by atoms with Gasteiger partial charge in [0.1, 0.15) is 0 Å². The summed E-state index contributed by atoms with van der Waals surface area (Å²) in [4.78, 5) is 10.6. The standard InChI is InChI=1S/C43H29N3S/c1-43(2)33-17-9-6-15-31(33)40-38(43)39(26-12-4-3-5-13-26)44-42(45-40)27-20-22-28(23-21-27)46-34-18-10-7-14-29(34)30-24-25-36-37(41(30)46)32-16-8-11-19-35(32)47-36/h3-25H,1-2H3. The number of para-hydroxylation sites is 1. The highest BCUT2D eigenvalue weighted by molar-refractivity contribution is 7.26. The molecule has 1 aliphatic rings. The van der Waals surface area contributed by atoms with Gasteiger partial charge in [-0.1, -0.05) is 111 Å². The monoisotopic (exact) mass is 619 g/mol. The van der Waals surface area contributed by atoms with Crippen molar-refractivity contribution in [3.05, 3.63) is 151 Å². The fourth-order valence-corrected chi connectivity index (χ4v) is 8.95. The maximum absolute atomic E-state index is 5.31. The summed E-state index contributed by atoms with van der Waals surface area (Å²) in [6, 6.07) is 50.2. The summed E-state index contributed by atoms with van der Waals surface area (Å²) >= 11 is 1.86. The molecule has 9 aromatic rings. The summed E-state index contributed by atoms with van der Waals surface area (Å²) in [5.41, 5.74) is 11.2. The van der Waals surface area contributed by atoms with E-state index < -0.39 is 0 Å². The van der Waals surface area contributed by atoms with E-state index in [4.69, 9.17) is 9.97 Å². The van der Waals surface area contributed by atoms with Crippen LogP contribution in [0.2, 0.25) is 0 Å². The normalized spacial score (nSPS) is 13.5. The molecule has 10 rings (SSSR count). The molecule has 1 aliphatic carbocycles. The molecule has 3 nitrogen and oxygen atoms in total. The topological polar surface area (TPSA) is 30.7 Å². The third-order valence-corrected chi connectivity index (χ3v) is 11.1. The van der Waals surface area contributed by atoms with Crippen molar-refractivity contribution in [1.29, 1.82) is 0 Å². The van der Waals surface area contributed by atoms with E-state index >= 15 is 0 Å². The number of hydrogen-bond donors (Lipinski definition) is 0. The van der Waals surface area contributed by atoms with Crippen LogP contribution >= 0.6 is 11.3 Å². The molecule has 4 heteroatoms. The van der Waals surface area contributed by atoms with Crippen molar-refractivity contribution < 1.29 is 0 Å². The van der Waals surface area contributed by atoms with Crippen molar-refractivity contribution in [2.45, 2.75) is 19.3 Å². The predicted molar refractivity (Wildman–Crippen MR) is 198 cm³/mol. The number of rotatable bonds is 3. The van der Waals surface area contributed by atoms with Gasteiger partial charge >= 0.3 is 0 Å². The van der Waals surface area contributed by atoms with Gasteiger partial charge in [-0.15, -0.1) is 11.3 Å². The fourth-order valence-electron chi connectivity index (χ4n) is 7.84. The van der Waals surface area contributed by atoms with Crippen molar-refractivity contribution in [1.82, 2.24) is 14.5 Å². The zero-order chi connectivity index (χ0) is 31.3. The van der Waals surface area contributed by atoms with Gasteiger partial charge in [0.05, 0.1) is 22.4 Å². The minimum absolute atomic E-state index is 0.201. The van der Waals surface area contributed by atoms with Crippen LogP contribution in [0.4, 0.5) is 0 Å². The third-order valence-electron chi connectivity index (χ3n) is 10.00. The number of thiophene rings is 1. The molecule has 6 aromatic carbocycles. The van der Waals surface area contributed by atoms with Gasteiger partial charge in [-0.25, -0.2) is 9.97 Å². The lowest BCUT2D eigenvalue weighted by Gasteiger charge is -2.23. The fraction of sp³-hybridized carbons (Fsp3) is 0.0698. The molecule has 0 unspecified atom stereocenters. The number of hydrogen-bond acceptors (Lipinski definition) is 3. The van der Waals surface area contributed by atoms with Crippen LogP contribution in [0.5, 0.6) is 0 Å². The van der Waals surface area contributed by atoms with Crippen LogP contribution in [0.1, 0.15) is 25.0 Å². The van der Waals surface area contributed by atoms with Gasteiger partial charge < -0.3 is 4.57 Å². The van der Waals surface area contributed by atoms with Crippen molar-refractivity contribution in [2.75, 3.05) is 0 Å². The Morgan fingerprint density at radius 3 is 2.11 bits per heavy atom. The second-order valence-corrected chi connectivity index (χ2v) is 14.1.